The maximum atomic E-state index is 2.70. The minimum Gasteiger partial charge on any atom is -0.147 e. The third-order valence-electron chi connectivity index (χ3n) is 7.59. The maximum absolute atomic E-state index is 2.70. The van der Waals surface area contributed by atoms with Gasteiger partial charge in [-0.05, 0) is 0 Å². The fourth-order valence-corrected chi connectivity index (χ4v) is 25.1. The van der Waals surface area contributed by atoms with Gasteiger partial charge in [-0.25, -0.2) is 0 Å². The van der Waals surface area contributed by atoms with Gasteiger partial charge in [-0.15, -0.1) is 24.8 Å². The van der Waals surface area contributed by atoms with Crippen LogP contribution in [0.3, 0.4) is 0 Å². The van der Waals surface area contributed by atoms with E-state index in [1.165, 1.54) is 27.8 Å². The predicted molar refractivity (Wildman–Crippen MR) is 144 cm³/mol. The standard InChI is InChI=1S/C17H15.C9H13.C2H6Si.2ClH.Zr/c1-12-6-5-9-15(13(12)2)17-11-10-14-7-3-4-8-16(14)17;1-6-5-7(2)9(4)8(6)3;1-3-2;;;/h3-11H,1-2H3;6H,1-4H3;1-2H3;2*1H;. The van der Waals surface area contributed by atoms with E-state index in [9.17, 15) is 0 Å². The first-order chi connectivity index (χ1) is 14.2. The molecule has 2 unspecified atom stereocenters. The van der Waals surface area contributed by atoms with Gasteiger partial charge in [0.1, 0.15) is 0 Å². The Labute approximate surface area is 215 Å². The molecule has 170 valence electrons. The van der Waals surface area contributed by atoms with E-state index < -0.39 is 20.4 Å². The molecule has 4 heteroatoms. The van der Waals surface area contributed by atoms with Crippen LogP contribution < -0.4 is 0 Å². The summed E-state index contributed by atoms with van der Waals surface area (Å²) in [4.78, 5) is 0. The molecule has 4 rings (SSSR count). The molecule has 0 fully saturated rings. The number of fused-ring (bicyclic) bond motifs is 1. The van der Waals surface area contributed by atoms with Crippen LogP contribution in [-0.2, 0) is 20.4 Å². The van der Waals surface area contributed by atoms with E-state index in [0.717, 1.165) is 0 Å². The number of rotatable bonds is 3. The van der Waals surface area contributed by atoms with Crippen LogP contribution in [-0.4, -0.2) is 5.43 Å². The Morgan fingerprint density at radius 3 is 2.00 bits per heavy atom. The normalized spacial score (nSPS) is 19.3. The minimum atomic E-state index is -1.91. The Morgan fingerprint density at radius 2 is 1.41 bits per heavy atom. The Hall–Kier alpha value is -0.660. The number of allylic oxidation sites excluding steroid dienone is 5. The summed E-state index contributed by atoms with van der Waals surface area (Å²) in [6, 6.07) is 16.1. The quantitative estimate of drug-likeness (QED) is 0.328. The zero-order chi connectivity index (χ0) is 21.7. The molecule has 2 aromatic rings. The molecule has 0 aliphatic heterocycles. The number of hydrogen-bond donors (Lipinski definition) is 0. The van der Waals surface area contributed by atoms with E-state index in [1.54, 1.807) is 22.3 Å². The average molecular weight is 563 g/mol. The van der Waals surface area contributed by atoms with Crippen LogP contribution in [0.2, 0.25) is 13.1 Å². The van der Waals surface area contributed by atoms with E-state index in [-0.39, 0.29) is 30.2 Å². The molecule has 0 heterocycles. The topological polar surface area (TPSA) is 0 Å². The first-order valence-electron chi connectivity index (χ1n) is 11.2. The van der Waals surface area contributed by atoms with Gasteiger partial charge in [-0.3, -0.25) is 0 Å². The van der Waals surface area contributed by atoms with Crippen molar-refractivity contribution in [2.24, 2.45) is 5.92 Å². The monoisotopic (exact) mass is 560 g/mol. The number of halogens is 2. The molecule has 0 radical (unpaired) electrons. The molecule has 0 amide bonds. The molecule has 0 bridgehead atoms. The smallest absolute Gasteiger partial charge is 0.147 e. The summed E-state index contributed by atoms with van der Waals surface area (Å²) in [5.41, 5.74) is 13.3. The van der Waals surface area contributed by atoms with Crippen molar-refractivity contribution in [3.8, 4) is 0 Å². The fraction of sp³-hybridized carbons (Fsp3) is 0.357. The Bertz CT molecular complexity index is 1180. The van der Waals surface area contributed by atoms with Crippen LogP contribution in [0.5, 0.6) is 0 Å². The molecule has 2 atom stereocenters. The Kier molecular flexibility index (Phi) is 9.25. The molecule has 32 heavy (non-hydrogen) atoms. The van der Waals surface area contributed by atoms with Crippen LogP contribution in [0.25, 0.3) is 5.57 Å². The van der Waals surface area contributed by atoms with Crippen molar-refractivity contribution >= 4 is 35.8 Å². The van der Waals surface area contributed by atoms with Crippen LogP contribution in [0, 0.1) is 19.8 Å². The largest absolute Gasteiger partial charge is 0.147 e. The van der Waals surface area contributed by atoms with Crippen LogP contribution in [0.15, 0.2) is 68.5 Å². The van der Waals surface area contributed by atoms with E-state index in [2.05, 4.69) is 103 Å². The van der Waals surface area contributed by atoms with Crippen LogP contribution >= 0.6 is 24.8 Å². The van der Waals surface area contributed by atoms with Crippen molar-refractivity contribution in [2.45, 2.75) is 58.3 Å². The van der Waals surface area contributed by atoms with E-state index in [0.29, 0.717) is 9.54 Å². The van der Waals surface area contributed by atoms with Crippen LogP contribution in [0.4, 0.5) is 0 Å². The third kappa shape index (κ3) is 4.50. The predicted octanol–water partition coefficient (Wildman–Crippen LogP) is 8.76. The summed E-state index contributed by atoms with van der Waals surface area (Å²) in [6.45, 7) is 19.3. The van der Waals surface area contributed by atoms with Crippen LogP contribution in [0.1, 0.15) is 59.1 Å². The molecule has 0 saturated carbocycles. The van der Waals surface area contributed by atoms with E-state index in [4.69, 9.17) is 0 Å². The molecular formula is C28H36Cl2SiZr. The molecule has 0 N–H and O–H groups in total. The van der Waals surface area contributed by atoms with Gasteiger partial charge in [0.25, 0.3) is 0 Å². The van der Waals surface area contributed by atoms with Crippen molar-refractivity contribution in [1.82, 2.24) is 0 Å². The molecule has 0 spiro atoms. The fourth-order valence-electron chi connectivity index (χ4n) is 5.42. The minimum absolute atomic E-state index is 0. The molecule has 2 aromatic carbocycles. The number of benzene rings is 2. The van der Waals surface area contributed by atoms with Gasteiger partial charge >= 0.3 is 192 Å². The molecular weight excluding hydrogens is 527 g/mol. The summed E-state index contributed by atoms with van der Waals surface area (Å²) >= 11 is -1.91. The zero-order valence-corrected chi connectivity index (χ0v) is 25.7. The maximum Gasteiger partial charge on any atom is -0.147 e. The van der Waals surface area contributed by atoms with Gasteiger partial charge in [0.05, 0.1) is 0 Å². The first kappa shape index (κ1) is 27.6. The number of aryl methyl sites for hydroxylation is 1. The van der Waals surface area contributed by atoms with Crippen molar-refractivity contribution in [3.05, 3.63) is 96.4 Å². The van der Waals surface area contributed by atoms with Gasteiger partial charge in [0.2, 0.25) is 0 Å². The SMILES string of the molecule is CC1=C(C)C(C)[C]([Zr]([CH]2C=C(c3cccc(C)c3C)c3ccccc32)=[Si](C)C)=C1C.Cl.Cl. The summed E-state index contributed by atoms with van der Waals surface area (Å²) in [6.07, 6.45) is 2.70. The molecule has 2 aliphatic carbocycles. The van der Waals surface area contributed by atoms with Gasteiger partial charge in [0.15, 0.2) is 0 Å². The van der Waals surface area contributed by atoms with Crippen molar-refractivity contribution < 1.29 is 20.4 Å². The number of hydrogen-bond acceptors (Lipinski definition) is 0. The van der Waals surface area contributed by atoms with Gasteiger partial charge in [-0.1, -0.05) is 0 Å². The summed E-state index contributed by atoms with van der Waals surface area (Å²) in [5, 5.41) is 0. The van der Waals surface area contributed by atoms with E-state index in [1.807, 2.05) is 3.28 Å². The third-order valence-corrected chi connectivity index (χ3v) is 26.2. The average Bonchev–Trinajstić information content (AvgIpc) is 3.18. The Morgan fingerprint density at radius 1 is 0.781 bits per heavy atom. The summed E-state index contributed by atoms with van der Waals surface area (Å²) in [7, 11) is 0. The summed E-state index contributed by atoms with van der Waals surface area (Å²) in [5.74, 6) is 0.657. The van der Waals surface area contributed by atoms with Crippen molar-refractivity contribution in [1.29, 1.82) is 0 Å². The van der Waals surface area contributed by atoms with Crippen molar-refractivity contribution in [2.75, 3.05) is 0 Å². The van der Waals surface area contributed by atoms with Gasteiger partial charge in [0, 0.05) is 0 Å². The molecule has 0 nitrogen and oxygen atoms in total. The molecule has 0 saturated heterocycles. The second kappa shape index (κ2) is 10.7. The van der Waals surface area contributed by atoms with Gasteiger partial charge in [-0.2, -0.15) is 0 Å². The molecule has 0 aromatic heterocycles. The second-order valence-electron chi connectivity index (χ2n) is 9.37. The first-order valence-corrected chi connectivity index (χ1v) is 20.0. The van der Waals surface area contributed by atoms with E-state index >= 15 is 0 Å². The zero-order valence-electron chi connectivity index (χ0n) is 20.6. The Balaban J connectivity index is 0.00000181. The van der Waals surface area contributed by atoms with Gasteiger partial charge < -0.3 is 0 Å². The summed E-state index contributed by atoms with van der Waals surface area (Å²) < 4.78 is 2.58. The molecule has 2 aliphatic rings. The second-order valence-corrected chi connectivity index (χ2v) is 26.8. The van der Waals surface area contributed by atoms with Crippen molar-refractivity contribution in [3.63, 3.8) is 0 Å².